The number of nitrogens with one attached hydrogen (secondary N) is 3. The van der Waals surface area contributed by atoms with Crippen LogP contribution in [0.3, 0.4) is 0 Å². The van der Waals surface area contributed by atoms with Crippen molar-refractivity contribution in [3.63, 3.8) is 0 Å². The number of phenolic OH excluding ortho intramolecular Hbond substituents is 1. The fourth-order valence-corrected chi connectivity index (χ4v) is 8.13. The molecule has 0 saturated carbocycles. The van der Waals surface area contributed by atoms with E-state index in [2.05, 4.69) is 10.6 Å². The molecule has 3 aliphatic heterocycles. The van der Waals surface area contributed by atoms with Crippen LogP contribution in [0, 0.1) is 5.82 Å². The van der Waals surface area contributed by atoms with Crippen LogP contribution in [0.15, 0.2) is 54.6 Å². The first kappa shape index (κ1) is 35.6. The van der Waals surface area contributed by atoms with E-state index >= 15 is 4.39 Å². The molecule has 0 spiro atoms. The quantitative estimate of drug-likeness (QED) is 0.123. The summed E-state index contributed by atoms with van der Waals surface area (Å²) in [5, 5.41) is 17.8. The van der Waals surface area contributed by atoms with Gasteiger partial charge in [0.1, 0.15) is 36.4 Å². The number of fused-ring (bicyclic) bond motifs is 1. The average molecular weight is 747 g/mol. The molecular formula is C36H35FN6O9S. The molecule has 53 heavy (non-hydrogen) atoms. The normalized spacial score (nSPS) is 17.8. The van der Waals surface area contributed by atoms with Crippen molar-refractivity contribution in [2.75, 3.05) is 49.0 Å². The summed E-state index contributed by atoms with van der Waals surface area (Å²) < 4.78 is 48.0. The number of imide groups is 1. The molecular weight excluding hydrogens is 711 g/mol. The highest BCUT2D eigenvalue weighted by molar-refractivity contribution is 7.92. The lowest BCUT2D eigenvalue weighted by atomic mass is 9.97. The third-order valence-corrected chi connectivity index (χ3v) is 11.0. The molecule has 7 rings (SSSR count). The number of anilines is 2. The second-order valence-corrected chi connectivity index (χ2v) is 14.6. The van der Waals surface area contributed by atoms with Crippen molar-refractivity contribution in [3.05, 3.63) is 71.5 Å². The van der Waals surface area contributed by atoms with Crippen LogP contribution in [0.5, 0.6) is 11.5 Å². The molecule has 4 aromatic carbocycles. The van der Waals surface area contributed by atoms with Gasteiger partial charge in [-0.25, -0.2) is 13.4 Å². The zero-order chi connectivity index (χ0) is 37.6. The monoisotopic (exact) mass is 746 g/mol. The van der Waals surface area contributed by atoms with Crippen molar-refractivity contribution >= 4 is 72.7 Å². The molecule has 3 heterocycles. The van der Waals surface area contributed by atoms with Crippen LogP contribution in [0.4, 0.5) is 15.8 Å². The number of benzene rings is 4. The summed E-state index contributed by atoms with van der Waals surface area (Å²) in [5.74, 6) is -3.54. The number of piperidine rings is 1. The minimum Gasteiger partial charge on any atom is -0.506 e. The fraction of sp³-hybridized carbons (Fsp3) is 0.306. The zero-order valence-electron chi connectivity index (χ0n) is 28.5. The predicted molar refractivity (Wildman–Crippen MR) is 191 cm³/mol. The first-order chi connectivity index (χ1) is 25.3. The molecule has 0 aromatic heterocycles. The van der Waals surface area contributed by atoms with Crippen LogP contribution in [0.2, 0.25) is 0 Å². The number of aryl methyl sites for hydroxylation is 1. The number of nitrogens with zero attached hydrogens (tertiary/aromatic N) is 3. The summed E-state index contributed by atoms with van der Waals surface area (Å²) in [6.07, 6.45) is 1.81. The molecule has 15 nitrogen and oxygen atoms in total. The van der Waals surface area contributed by atoms with Crippen molar-refractivity contribution in [1.29, 1.82) is 0 Å². The SMILES string of the molecule is CN(CCOc1ccc2cc(O)c(N3CC(=O)NS3(=O)=O)c(F)c2c1)C(=O)CNCCCc1ccc2c3c(cccc13)C(=O)N2C1CCC(=O)NC1=O. The van der Waals surface area contributed by atoms with E-state index in [0.29, 0.717) is 34.9 Å². The smallest absolute Gasteiger partial charge is 0.326 e. The zero-order valence-corrected chi connectivity index (χ0v) is 29.3. The van der Waals surface area contributed by atoms with Gasteiger partial charge in [-0.1, -0.05) is 24.3 Å². The molecule has 1 unspecified atom stereocenters. The minimum atomic E-state index is -4.36. The lowest BCUT2D eigenvalue weighted by Gasteiger charge is -2.30. The molecule has 5 amide bonds. The van der Waals surface area contributed by atoms with Gasteiger partial charge >= 0.3 is 10.2 Å². The summed E-state index contributed by atoms with van der Waals surface area (Å²) in [7, 11) is -2.73. The molecule has 2 saturated heterocycles. The Labute approximate surface area is 302 Å². The van der Waals surface area contributed by atoms with E-state index in [0.717, 1.165) is 16.3 Å². The maximum Gasteiger partial charge on any atom is 0.326 e. The number of aromatic hydroxyl groups is 1. The average Bonchev–Trinajstić information content (AvgIpc) is 3.56. The van der Waals surface area contributed by atoms with Crippen molar-refractivity contribution in [3.8, 4) is 11.5 Å². The van der Waals surface area contributed by atoms with Gasteiger partial charge in [0.2, 0.25) is 17.7 Å². The molecule has 0 bridgehead atoms. The Morgan fingerprint density at radius 1 is 1.08 bits per heavy atom. The van der Waals surface area contributed by atoms with E-state index in [1.807, 2.05) is 24.3 Å². The van der Waals surface area contributed by atoms with Crippen LogP contribution < -0.4 is 29.3 Å². The molecule has 0 radical (unpaired) electrons. The molecule has 1 atom stereocenters. The number of likely N-dealkylation sites (N-methyl/N-ethyl adjacent to an activating group) is 1. The lowest BCUT2D eigenvalue weighted by Crippen LogP contribution is -2.53. The molecule has 4 aromatic rings. The summed E-state index contributed by atoms with van der Waals surface area (Å²) in [4.78, 5) is 65.1. The topological polar surface area (TPSA) is 195 Å². The molecule has 276 valence electrons. The number of hydrogen-bond donors (Lipinski definition) is 4. The van der Waals surface area contributed by atoms with E-state index in [4.69, 9.17) is 4.74 Å². The van der Waals surface area contributed by atoms with E-state index in [1.54, 1.807) is 23.9 Å². The van der Waals surface area contributed by atoms with Crippen molar-refractivity contribution in [1.82, 2.24) is 20.3 Å². The van der Waals surface area contributed by atoms with Crippen LogP contribution >= 0.6 is 0 Å². The van der Waals surface area contributed by atoms with Gasteiger partial charge < -0.3 is 20.1 Å². The van der Waals surface area contributed by atoms with Gasteiger partial charge in [-0.3, -0.25) is 34.2 Å². The second kappa shape index (κ2) is 14.0. The highest BCUT2D eigenvalue weighted by Gasteiger charge is 2.41. The first-order valence-corrected chi connectivity index (χ1v) is 18.4. The number of ether oxygens (including phenoxy) is 1. The van der Waals surface area contributed by atoms with Gasteiger partial charge in [0, 0.05) is 29.8 Å². The number of hydrogen-bond acceptors (Lipinski definition) is 10. The minimum absolute atomic E-state index is 0.0294. The molecule has 17 heteroatoms. The first-order valence-electron chi connectivity index (χ1n) is 16.9. The number of phenols is 1. The van der Waals surface area contributed by atoms with Crippen LogP contribution in [-0.2, 0) is 35.8 Å². The number of rotatable bonds is 12. The summed E-state index contributed by atoms with van der Waals surface area (Å²) in [6.45, 7) is 0.251. The Kier molecular flexibility index (Phi) is 9.38. The molecule has 2 fully saturated rings. The van der Waals surface area contributed by atoms with Gasteiger partial charge in [0.25, 0.3) is 11.8 Å². The van der Waals surface area contributed by atoms with Crippen molar-refractivity contribution < 1.29 is 46.6 Å². The van der Waals surface area contributed by atoms with Gasteiger partial charge in [0.05, 0.1) is 18.8 Å². The Hall–Kier alpha value is -5.81. The maximum atomic E-state index is 15.5. The highest BCUT2D eigenvalue weighted by Crippen LogP contribution is 2.42. The second-order valence-electron chi connectivity index (χ2n) is 13.0. The largest absolute Gasteiger partial charge is 0.506 e. The predicted octanol–water partition coefficient (Wildman–Crippen LogP) is 1.84. The number of carbonyl (C=O) groups excluding carboxylic acids is 5. The Balaban J connectivity index is 0.901. The summed E-state index contributed by atoms with van der Waals surface area (Å²) >= 11 is 0. The Bertz CT molecular complexity index is 2340. The van der Waals surface area contributed by atoms with Crippen LogP contribution in [-0.4, -0.2) is 93.8 Å². The van der Waals surface area contributed by atoms with Crippen LogP contribution in [0.1, 0.15) is 35.2 Å². The Morgan fingerprint density at radius 3 is 2.64 bits per heavy atom. The third kappa shape index (κ3) is 6.68. The fourth-order valence-electron chi connectivity index (χ4n) is 6.96. The van der Waals surface area contributed by atoms with Gasteiger partial charge in [-0.15, -0.1) is 0 Å². The number of carbonyl (C=O) groups is 5. The van der Waals surface area contributed by atoms with Gasteiger partial charge in [0.15, 0.2) is 5.82 Å². The maximum absolute atomic E-state index is 15.5. The molecule has 0 aliphatic carbocycles. The number of amides is 5. The van der Waals surface area contributed by atoms with Gasteiger partial charge in [-0.2, -0.15) is 8.42 Å². The van der Waals surface area contributed by atoms with E-state index in [1.165, 1.54) is 28.0 Å². The van der Waals surface area contributed by atoms with E-state index in [9.17, 15) is 37.5 Å². The number of halogens is 1. The lowest BCUT2D eigenvalue weighted by molar-refractivity contribution is -0.134. The Morgan fingerprint density at radius 2 is 1.89 bits per heavy atom. The molecule has 4 N–H and O–H groups in total. The van der Waals surface area contributed by atoms with Gasteiger partial charge in [-0.05, 0) is 72.5 Å². The third-order valence-electron chi connectivity index (χ3n) is 9.61. The standard InChI is InChI=1S/C36H35FN6O9S/c1-41(14-15-52-22-9-7-21-16-28(44)34(33(37)25(21)17-22)42-19-30(46)40-53(42,50)51)31(47)18-38-13-3-4-20-8-10-26-32-23(20)5-2-6-24(32)36(49)43(26)27-11-12-29(45)39-35(27)48/h2,5-10,16-17,27,38,44H,3-4,11-15,18-19H2,1H3,(H,40,46)(H,39,45,48). The molecule has 3 aliphatic rings. The highest BCUT2D eigenvalue weighted by atomic mass is 32.2. The van der Waals surface area contributed by atoms with Crippen molar-refractivity contribution in [2.24, 2.45) is 0 Å². The van der Waals surface area contributed by atoms with Crippen LogP contribution in [0.25, 0.3) is 21.5 Å². The van der Waals surface area contributed by atoms with E-state index in [-0.39, 0.29) is 66.8 Å². The van der Waals surface area contributed by atoms with E-state index < -0.39 is 51.9 Å². The summed E-state index contributed by atoms with van der Waals surface area (Å²) in [6, 6.07) is 14.2. The van der Waals surface area contributed by atoms with Crippen molar-refractivity contribution in [2.45, 2.75) is 31.7 Å². The summed E-state index contributed by atoms with van der Waals surface area (Å²) in [5.41, 5.74) is 1.56.